The minimum atomic E-state index is -0.616. The summed E-state index contributed by atoms with van der Waals surface area (Å²) in [6.45, 7) is 3.39. The molecule has 6 heteroatoms. The Hall–Kier alpha value is -1.59. The zero-order valence-electron chi connectivity index (χ0n) is 10.6. The third-order valence-electron chi connectivity index (χ3n) is 3.41. The summed E-state index contributed by atoms with van der Waals surface area (Å²) in [6, 6.07) is 4.69. The number of nitrogens with two attached hydrogens (primary N) is 1. The van der Waals surface area contributed by atoms with Crippen molar-refractivity contribution < 1.29 is 9.59 Å². The van der Waals surface area contributed by atoms with Crippen LogP contribution in [-0.4, -0.2) is 24.9 Å². The Balaban J connectivity index is 2.17. The van der Waals surface area contributed by atoms with Crippen LogP contribution >= 0.6 is 11.6 Å². The summed E-state index contributed by atoms with van der Waals surface area (Å²) in [4.78, 5) is 23.4. The molecule has 1 fully saturated rings. The Kier molecular flexibility index (Phi) is 3.78. The van der Waals surface area contributed by atoms with Crippen molar-refractivity contribution in [3.63, 3.8) is 0 Å². The van der Waals surface area contributed by atoms with E-state index in [0.29, 0.717) is 12.2 Å². The second-order valence-electron chi connectivity index (χ2n) is 5.00. The van der Waals surface area contributed by atoms with Crippen LogP contribution in [0.5, 0.6) is 0 Å². The van der Waals surface area contributed by atoms with Crippen LogP contribution in [0.15, 0.2) is 18.2 Å². The fourth-order valence-corrected chi connectivity index (χ4v) is 2.30. The molecule has 0 spiro atoms. The van der Waals surface area contributed by atoms with Gasteiger partial charge in [0, 0.05) is 12.2 Å². The third kappa shape index (κ3) is 2.88. The average molecular weight is 282 g/mol. The number of primary amides is 1. The van der Waals surface area contributed by atoms with Gasteiger partial charge in [-0.25, -0.2) is 0 Å². The minimum Gasteiger partial charge on any atom is -0.366 e. The summed E-state index contributed by atoms with van der Waals surface area (Å²) in [5, 5.41) is 6.24. The van der Waals surface area contributed by atoms with Gasteiger partial charge in [-0.2, -0.15) is 0 Å². The quantitative estimate of drug-likeness (QED) is 0.782. The van der Waals surface area contributed by atoms with Crippen LogP contribution in [0.2, 0.25) is 5.02 Å². The number of amides is 2. The van der Waals surface area contributed by atoms with E-state index >= 15 is 0 Å². The van der Waals surface area contributed by atoms with Crippen LogP contribution in [0.1, 0.15) is 23.7 Å². The number of benzene rings is 1. The molecule has 1 aromatic rings. The average Bonchev–Trinajstić information content (AvgIpc) is 2.79. The van der Waals surface area contributed by atoms with Gasteiger partial charge in [-0.3, -0.25) is 9.59 Å². The molecule has 0 saturated carbocycles. The summed E-state index contributed by atoms with van der Waals surface area (Å²) in [7, 11) is 0. The second kappa shape index (κ2) is 5.19. The Labute approximate surface area is 116 Å². The normalized spacial score (nSPS) is 22.2. The van der Waals surface area contributed by atoms with Crippen LogP contribution in [0, 0.1) is 5.41 Å². The number of carbonyl (C=O) groups excluding carboxylic acids is 2. The smallest absolute Gasteiger partial charge is 0.250 e. The largest absolute Gasteiger partial charge is 0.366 e. The highest BCUT2D eigenvalue weighted by atomic mass is 35.5. The van der Waals surface area contributed by atoms with E-state index in [9.17, 15) is 9.59 Å². The number of anilines is 1. The van der Waals surface area contributed by atoms with Gasteiger partial charge in [0.2, 0.25) is 11.8 Å². The van der Waals surface area contributed by atoms with Gasteiger partial charge in [-0.1, -0.05) is 11.6 Å². The predicted molar refractivity (Wildman–Crippen MR) is 74.2 cm³/mol. The number of hydrogen-bond donors (Lipinski definition) is 3. The monoisotopic (exact) mass is 281 g/mol. The highest BCUT2D eigenvalue weighted by Gasteiger charge is 2.36. The molecule has 5 nitrogen and oxygen atoms in total. The summed E-state index contributed by atoms with van der Waals surface area (Å²) in [5.74, 6) is -0.690. The highest BCUT2D eigenvalue weighted by molar-refractivity contribution is 6.34. The number of rotatable bonds is 3. The predicted octanol–water partition coefficient (Wildman–Crippen LogP) is 1.38. The molecule has 4 N–H and O–H groups in total. The van der Waals surface area contributed by atoms with Crippen LogP contribution in [0.4, 0.5) is 5.69 Å². The van der Waals surface area contributed by atoms with E-state index in [4.69, 9.17) is 17.3 Å². The van der Waals surface area contributed by atoms with Crippen molar-refractivity contribution in [2.24, 2.45) is 11.1 Å². The first-order chi connectivity index (χ1) is 8.92. The summed E-state index contributed by atoms with van der Waals surface area (Å²) >= 11 is 5.86. The number of halogens is 1. The van der Waals surface area contributed by atoms with E-state index in [0.717, 1.165) is 13.0 Å². The lowest BCUT2D eigenvalue weighted by atomic mass is 9.88. The highest BCUT2D eigenvalue weighted by Crippen LogP contribution is 2.27. The molecule has 1 unspecified atom stereocenters. The van der Waals surface area contributed by atoms with E-state index in [1.165, 1.54) is 6.07 Å². The van der Waals surface area contributed by atoms with Gasteiger partial charge in [0.15, 0.2) is 0 Å². The van der Waals surface area contributed by atoms with Gasteiger partial charge in [0.05, 0.1) is 16.0 Å². The minimum absolute atomic E-state index is 0.0738. The summed E-state index contributed by atoms with van der Waals surface area (Å²) < 4.78 is 0. The molecule has 1 aliphatic heterocycles. The van der Waals surface area contributed by atoms with E-state index in [1.54, 1.807) is 12.1 Å². The molecular weight excluding hydrogens is 266 g/mol. The Morgan fingerprint density at radius 1 is 1.47 bits per heavy atom. The van der Waals surface area contributed by atoms with Crippen molar-refractivity contribution in [2.45, 2.75) is 13.3 Å². The van der Waals surface area contributed by atoms with Crippen molar-refractivity contribution in [1.82, 2.24) is 5.32 Å². The molecular formula is C13H16ClN3O2. The first-order valence-electron chi connectivity index (χ1n) is 6.04. The molecule has 1 atom stereocenters. The van der Waals surface area contributed by atoms with Crippen LogP contribution in [0.3, 0.4) is 0 Å². The molecule has 0 bridgehead atoms. The Bertz CT molecular complexity index is 525. The first kappa shape index (κ1) is 13.8. The van der Waals surface area contributed by atoms with Gasteiger partial charge in [-0.15, -0.1) is 0 Å². The molecule has 2 amide bonds. The van der Waals surface area contributed by atoms with E-state index in [-0.39, 0.29) is 16.5 Å². The molecule has 1 heterocycles. The maximum atomic E-state index is 12.2. The van der Waals surface area contributed by atoms with Crippen molar-refractivity contribution in [2.75, 3.05) is 18.4 Å². The third-order valence-corrected chi connectivity index (χ3v) is 3.74. The molecule has 1 aromatic carbocycles. The van der Waals surface area contributed by atoms with Gasteiger partial charge in [-0.05, 0) is 38.1 Å². The number of nitrogens with one attached hydrogen (secondary N) is 2. The Morgan fingerprint density at radius 3 is 2.79 bits per heavy atom. The molecule has 0 aromatic heterocycles. The molecule has 2 rings (SSSR count). The first-order valence-corrected chi connectivity index (χ1v) is 6.42. The van der Waals surface area contributed by atoms with Crippen molar-refractivity contribution in [3.8, 4) is 0 Å². The van der Waals surface area contributed by atoms with Gasteiger partial charge in [0.25, 0.3) is 0 Å². The van der Waals surface area contributed by atoms with Gasteiger partial charge >= 0.3 is 0 Å². The van der Waals surface area contributed by atoms with Gasteiger partial charge in [0.1, 0.15) is 0 Å². The lowest BCUT2D eigenvalue weighted by Gasteiger charge is -2.21. The number of hydrogen-bond acceptors (Lipinski definition) is 3. The summed E-state index contributed by atoms with van der Waals surface area (Å²) in [6.07, 6.45) is 0.787. The topological polar surface area (TPSA) is 84.2 Å². The van der Waals surface area contributed by atoms with Crippen LogP contribution in [-0.2, 0) is 4.79 Å². The van der Waals surface area contributed by atoms with Gasteiger partial charge < -0.3 is 16.4 Å². The van der Waals surface area contributed by atoms with Crippen molar-refractivity contribution in [3.05, 3.63) is 28.8 Å². The van der Waals surface area contributed by atoms with E-state index in [2.05, 4.69) is 10.6 Å². The SMILES string of the molecule is CC1(C(=O)Nc2ccc(Cl)c(C(N)=O)c2)CCNC1. The maximum Gasteiger partial charge on any atom is 0.250 e. The molecule has 1 saturated heterocycles. The standard InChI is InChI=1S/C13H16ClN3O2/c1-13(4-5-16-7-13)12(19)17-8-2-3-10(14)9(6-8)11(15)18/h2-3,6,16H,4-5,7H2,1H3,(H2,15,18)(H,17,19). The Morgan fingerprint density at radius 2 is 2.21 bits per heavy atom. The van der Waals surface area contributed by atoms with Crippen molar-refractivity contribution in [1.29, 1.82) is 0 Å². The lowest BCUT2D eigenvalue weighted by molar-refractivity contribution is -0.123. The maximum absolute atomic E-state index is 12.2. The zero-order chi connectivity index (χ0) is 14.0. The van der Waals surface area contributed by atoms with Crippen LogP contribution in [0.25, 0.3) is 0 Å². The fraction of sp³-hybridized carbons (Fsp3) is 0.385. The van der Waals surface area contributed by atoms with Crippen molar-refractivity contribution >= 4 is 29.1 Å². The molecule has 0 radical (unpaired) electrons. The lowest BCUT2D eigenvalue weighted by Crippen LogP contribution is -2.35. The molecule has 19 heavy (non-hydrogen) atoms. The van der Waals surface area contributed by atoms with E-state index in [1.807, 2.05) is 6.92 Å². The molecule has 1 aliphatic rings. The summed E-state index contributed by atoms with van der Waals surface area (Å²) in [5.41, 5.74) is 5.52. The molecule has 102 valence electrons. The van der Waals surface area contributed by atoms with Crippen LogP contribution < -0.4 is 16.4 Å². The number of carbonyl (C=O) groups is 2. The fourth-order valence-electron chi connectivity index (χ4n) is 2.08. The molecule has 0 aliphatic carbocycles. The second-order valence-corrected chi connectivity index (χ2v) is 5.41. The van der Waals surface area contributed by atoms with E-state index < -0.39 is 11.3 Å². The zero-order valence-corrected chi connectivity index (χ0v) is 11.4.